The minimum Gasteiger partial charge on any atom is -1.00 e. The molecule has 0 bridgehead atoms. The number of hydrogen-bond acceptors (Lipinski definition) is 3. The predicted octanol–water partition coefficient (Wildman–Crippen LogP) is -1.83. The normalized spacial score (nSPS) is 11.9. The predicted molar refractivity (Wildman–Crippen MR) is 73.0 cm³/mol. The van der Waals surface area contributed by atoms with Crippen molar-refractivity contribution in [3.8, 4) is 0 Å². The van der Waals surface area contributed by atoms with Crippen LogP contribution in [0.2, 0.25) is 0 Å². The maximum Gasteiger partial charge on any atom is 0.105 e. The Kier molecular flexibility index (Phi) is 17.6. The zero-order chi connectivity index (χ0) is 14.6. The molecule has 1 atom stereocenters. The number of aliphatic hydroxyl groups excluding tert-OH is 1. The smallest absolute Gasteiger partial charge is 0.105 e. The molecule has 0 aromatic heterocycles. The first kappa shape index (κ1) is 23.7. The average Bonchev–Trinajstić information content (AvgIpc) is 2.16. The van der Waals surface area contributed by atoms with Crippen molar-refractivity contribution >= 4 is 5.97 Å². The molecule has 5 heteroatoms. The van der Waals surface area contributed by atoms with Crippen molar-refractivity contribution in [2.75, 3.05) is 26.2 Å². The van der Waals surface area contributed by atoms with Crippen LogP contribution in [0.4, 0.5) is 0 Å². The molecule has 0 radical (unpaired) electrons. The molecule has 0 amide bonds. The lowest BCUT2D eigenvalue weighted by atomic mass is 10.2. The number of rotatable bonds is 8. The van der Waals surface area contributed by atoms with Crippen LogP contribution >= 0.6 is 0 Å². The van der Waals surface area contributed by atoms with E-state index >= 15 is 0 Å². The molecule has 19 heavy (non-hydrogen) atoms. The molecule has 0 fully saturated rings. The van der Waals surface area contributed by atoms with Crippen molar-refractivity contribution in [2.24, 2.45) is 0 Å². The van der Waals surface area contributed by atoms with E-state index in [1.54, 1.807) is 0 Å². The van der Waals surface area contributed by atoms with Gasteiger partial charge in [-0.2, -0.15) is 0 Å². The molecule has 0 saturated carbocycles. The monoisotopic (exact) mass is 296 g/mol. The zero-order valence-corrected chi connectivity index (χ0v) is 13.9. The molecular weight excluding hydrogens is 266 g/mol. The number of quaternary nitrogens is 1. The fraction of sp³-hybridized carbons (Fsp3) is 0.929. The Balaban J connectivity index is -0.000000448. The van der Waals surface area contributed by atoms with Crippen LogP contribution < -0.4 is 17.5 Å². The van der Waals surface area contributed by atoms with E-state index in [2.05, 4.69) is 20.8 Å². The second kappa shape index (κ2) is 14.1. The molecule has 0 rings (SSSR count). The number of halogens is 1. The summed E-state index contributed by atoms with van der Waals surface area (Å²) in [6, 6.07) is 0. The first-order chi connectivity index (χ1) is 8.33. The van der Waals surface area contributed by atoms with Crippen molar-refractivity contribution < 1.29 is 31.9 Å². The molecule has 0 aromatic carbocycles. The molecule has 0 spiro atoms. The van der Waals surface area contributed by atoms with Crippen LogP contribution in [0, 0.1) is 0 Å². The van der Waals surface area contributed by atoms with Crippen molar-refractivity contribution in [1.29, 1.82) is 0 Å². The third kappa shape index (κ3) is 15.6. The molecule has 1 unspecified atom stereocenters. The molecule has 0 saturated heterocycles. The van der Waals surface area contributed by atoms with Gasteiger partial charge in [-0.1, -0.05) is 20.8 Å². The van der Waals surface area contributed by atoms with Gasteiger partial charge in [-0.05, 0) is 33.1 Å². The van der Waals surface area contributed by atoms with Crippen LogP contribution in [0.3, 0.4) is 0 Å². The molecule has 1 N–H and O–H groups in total. The van der Waals surface area contributed by atoms with E-state index in [1.807, 2.05) is 6.92 Å². The number of carboxylic acids is 1. The Labute approximate surface area is 124 Å². The van der Waals surface area contributed by atoms with Crippen LogP contribution in [-0.4, -0.2) is 47.8 Å². The Hall–Kier alpha value is -0.320. The molecule has 0 aliphatic carbocycles. The highest BCUT2D eigenvalue weighted by Gasteiger charge is 2.26. The summed E-state index contributed by atoms with van der Waals surface area (Å²) in [6.07, 6.45) is 3.48. The van der Waals surface area contributed by atoms with E-state index in [9.17, 15) is 5.11 Å². The Morgan fingerprint density at radius 2 is 1.37 bits per heavy atom. The fourth-order valence-corrected chi connectivity index (χ4v) is 2.59. The lowest BCUT2D eigenvalue weighted by Gasteiger charge is -2.39. The van der Waals surface area contributed by atoms with Gasteiger partial charge in [0.2, 0.25) is 0 Å². The van der Waals surface area contributed by atoms with E-state index in [-0.39, 0.29) is 18.5 Å². The molecule has 0 aliphatic heterocycles. The van der Waals surface area contributed by atoms with Crippen LogP contribution in [0.25, 0.3) is 0 Å². The van der Waals surface area contributed by atoms with Gasteiger partial charge in [0.1, 0.15) is 12.6 Å². The van der Waals surface area contributed by atoms with E-state index in [0.717, 1.165) is 18.0 Å². The van der Waals surface area contributed by atoms with Crippen LogP contribution in [0.5, 0.6) is 0 Å². The highest BCUT2D eigenvalue weighted by molar-refractivity contribution is 5.60. The van der Waals surface area contributed by atoms with Gasteiger partial charge in [-0.15, -0.1) is 0 Å². The van der Waals surface area contributed by atoms with Crippen molar-refractivity contribution in [2.45, 2.75) is 60.0 Å². The van der Waals surface area contributed by atoms with Crippen molar-refractivity contribution in [3.63, 3.8) is 0 Å². The zero-order valence-electron chi connectivity index (χ0n) is 13.1. The van der Waals surface area contributed by atoms with Gasteiger partial charge >= 0.3 is 0 Å². The summed E-state index contributed by atoms with van der Waals surface area (Å²) in [5.74, 6) is -1.08. The van der Waals surface area contributed by atoms with E-state index in [0.29, 0.717) is 0 Å². The van der Waals surface area contributed by atoms with Gasteiger partial charge in [-0.25, -0.2) is 0 Å². The summed E-state index contributed by atoms with van der Waals surface area (Å²) in [4.78, 5) is 8.89. The van der Waals surface area contributed by atoms with Gasteiger partial charge in [0.25, 0.3) is 0 Å². The van der Waals surface area contributed by atoms with Gasteiger partial charge in [0.15, 0.2) is 0 Å². The molecule has 4 nitrogen and oxygen atoms in total. The van der Waals surface area contributed by atoms with Gasteiger partial charge < -0.3 is 31.9 Å². The molecule has 118 valence electrons. The van der Waals surface area contributed by atoms with E-state index in [4.69, 9.17) is 9.90 Å². The average molecular weight is 297 g/mol. The molecule has 0 aromatic rings. The fourth-order valence-electron chi connectivity index (χ4n) is 2.59. The van der Waals surface area contributed by atoms with Crippen LogP contribution in [0.15, 0.2) is 0 Å². The summed E-state index contributed by atoms with van der Waals surface area (Å²) in [7, 11) is 0. The quantitative estimate of drug-likeness (QED) is 0.536. The topological polar surface area (TPSA) is 60.4 Å². The minimum atomic E-state index is -1.08. The molecular formula is C14H31ClNO3-. The second-order valence-corrected chi connectivity index (χ2v) is 5.04. The van der Waals surface area contributed by atoms with Gasteiger partial charge in [0.05, 0.1) is 19.6 Å². The van der Waals surface area contributed by atoms with Gasteiger partial charge in [0, 0.05) is 5.97 Å². The number of carbonyl (C=O) groups is 1. The maximum atomic E-state index is 9.55. The third-order valence-electron chi connectivity index (χ3n) is 2.75. The summed E-state index contributed by atoms with van der Waals surface area (Å²) in [5, 5.41) is 18.4. The lowest BCUT2D eigenvalue weighted by molar-refractivity contribution is -0.930. The number of aliphatic hydroxyl groups is 1. The minimum absolute atomic E-state index is 0. The lowest BCUT2D eigenvalue weighted by Crippen LogP contribution is -3.00. The number of carboxylic acid groups (broad SMARTS) is 1. The summed E-state index contributed by atoms with van der Waals surface area (Å²) in [5.41, 5.74) is 0. The highest BCUT2D eigenvalue weighted by atomic mass is 35.5. The number of aliphatic carboxylic acids is 1. The van der Waals surface area contributed by atoms with Crippen molar-refractivity contribution in [3.05, 3.63) is 0 Å². The Bertz CT molecular complexity index is 190. The standard InChI is InChI=1S/C12H28NO.C2H4O2.ClH/c1-5-8-13(9-6-2,10-7-3)11-12(4)14;1-2(3)4;/h12,14H,5-11H2,1-4H3;1H3,(H,3,4);1H/q+1;;/p-2. The SMILES string of the molecule is CC(=O)[O-].CCC[N+](CCC)(CCC)CC(C)O.[Cl-]. The van der Waals surface area contributed by atoms with Gasteiger partial charge in [-0.3, -0.25) is 0 Å². The maximum absolute atomic E-state index is 9.55. The van der Waals surface area contributed by atoms with E-state index < -0.39 is 5.97 Å². The number of hydrogen-bond donors (Lipinski definition) is 1. The second-order valence-electron chi connectivity index (χ2n) is 5.04. The van der Waals surface area contributed by atoms with Crippen LogP contribution in [-0.2, 0) is 4.79 Å². The summed E-state index contributed by atoms with van der Waals surface area (Å²) >= 11 is 0. The van der Waals surface area contributed by atoms with Crippen molar-refractivity contribution in [1.82, 2.24) is 0 Å². The first-order valence-corrected chi connectivity index (χ1v) is 7.04. The Morgan fingerprint density at radius 1 is 1.11 bits per heavy atom. The third-order valence-corrected chi connectivity index (χ3v) is 2.75. The molecule has 0 aliphatic rings. The van der Waals surface area contributed by atoms with E-state index in [1.165, 1.54) is 38.9 Å². The summed E-state index contributed by atoms with van der Waals surface area (Å²) in [6.45, 7) is 14.2. The number of nitrogens with zero attached hydrogens (tertiary/aromatic N) is 1. The first-order valence-electron chi connectivity index (χ1n) is 7.04. The molecule has 0 heterocycles. The number of carbonyl (C=O) groups excluding carboxylic acids is 1. The summed E-state index contributed by atoms with van der Waals surface area (Å²) < 4.78 is 1.11. The Morgan fingerprint density at radius 3 is 1.53 bits per heavy atom. The largest absolute Gasteiger partial charge is 1.00 e. The highest BCUT2D eigenvalue weighted by Crippen LogP contribution is 2.12. The van der Waals surface area contributed by atoms with Crippen LogP contribution in [0.1, 0.15) is 53.9 Å².